The molecule has 0 saturated heterocycles. The van der Waals surface area contributed by atoms with Gasteiger partial charge in [0.15, 0.2) is 0 Å². The van der Waals surface area contributed by atoms with Crippen molar-refractivity contribution in [2.45, 2.75) is 26.0 Å². The van der Waals surface area contributed by atoms with Crippen LogP contribution in [0, 0.1) is 5.41 Å². The molecule has 0 heterocycles. The molecule has 0 fully saturated rings. The van der Waals surface area contributed by atoms with Gasteiger partial charge >= 0.3 is 0 Å². The van der Waals surface area contributed by atoms with Gasteiger partial charge in [0.05, 0.1) is 6.61 Å². The maximum atomic E-state index is 11.3. The zero-order valence-corrected chi connectivity index (χ0v) is 9.65. The number of thiol groups is 1. The van der Waals surface area contributed by atoms with Gasteiger partial charge in [0.25, 0.3) is 0 Å². The molecule has 0 aromatic heterocycles. The highest BCUT2D eigenvalue weighted by molar-refractivity contribution is 7.81. The first-order valence-electron chi connectivity index (χ1n) is 4.31. The summed E-state index contributed by atoms with van der Waals surface area (Å²) in [6.45, 7) is 7.21. The molecule has 78 valence electrons. The minimum Gasteiger partial charge on any atom is -0.383 e. The molecule has 0 aliphatic heterocycles. The molecule has 13 heavy (non-hydrogen) atoms. The molecule has 1 amide bonds. The van der Waals surface area contributed by atoms with Crippen LogP contribution in [0.3, 0.4) is 0 Å². The molecule has 0 radical (unpaired) electrons. The summed E-state index contributed by atoms with van der Waals surface area (Å²) in [5, 5.41) is 2.44. The van der Waals surface area contributed by atoms with Crippen molar-refractivity contribution in [1.82, 2.24) is 5.32 Å². The minimum absolute atomic E-state index is 0.0693. The molecule has 1 atom stereocenters. The topological polar surface area (TPSA) is 38.3 Å². The largest absolute Gasteiger partial charge is 0.383 e. The maximum absolute atomic E-state index is 11.3. The summed E-state index contributed by atoms with van der Waals surface area (Å²) in [4.78, 5) is 11.3. The number of ether oxygens (including phenoxy) is 1. The molecule has 0 rings (SSSR count). The van der Waals surface area contributed by atoms with E-state index in [0.29, 0.717) is 13.2 Å². The summed E-state index contributed by atoms with van der Waals surface area (Å²) in [6, 6.07) is 0. The standard InChI is InChI=1S/C9H19NO2S/c1-9(2,3)6-10-8(11)7(13)5-12-4/h7,13H,5-6H2,1-4H3,(H,10,11)/t7-/m0/s1. The highest BCUT2D eigenvalue weighted by Gasteiger charge is 2.16. The molecule has 0 aliphatic rings. The first-order chi connectivity index (χ1) is 5.87. The molecule has 1 N–H and O–H groups in total. The van der Waals surface area contributed by atoms with E-state index < -0.39 is 0 Å². The lowest BCUT2D eigenvalue weighted by molar-refractivity contribution is -0.121. The predicted molar refractivity (Wildman–Crippen MR) is 57.1 cm³/mol. The minimum atomic E-state index is -0.368. The lowest BCUT2D eigenvalue weighted by atomic mass is 9.97. The van der Waals surface area contributed by atoms with E-state index in [1.165, 1.54) is 0 Å². The van der Waals surface area contributed by atoms with Crippen LogP contribution in [-0.4, -0.2) is 31.4 Å². The van der Waals surface area contributed by atoms with E-state index in [9.17, 15) is 4.79 Å². The van der Waals surface area contributed by atoms with Gasteiger partial charge in [-0.1, -0.05) is 20.8 Å². The molecule has 0 aliphatic carbocycles. The number of amides is 1. The molecule has 0 saturated carbocycles. The molecule has 0 unspecified atom stereocenters. The molecule has 3 nitrogen and oxygen atoms in total. The van der Waals surface area contributed by atoms with Crippen LogP contribution < -0.4 is 5.32 Å². The number of hydrogen-bond donors (Lipinski definition) is 2. The fraction of sp³-hybridized carbons (Fsp3) is 0.889. The summed E-state index contributed by atoms with van der Waals surface area (Å²) in [5.41, 5.74) is 0.107. The van der Waals surface area contributed by atoms with Crippen molar-refractivity contribution in [2.75, 3.05) is 20.3 Å². The molecule has 4 heteroatoms. The van der Waals surface area contributed by atoms with E-state index in [1.807, 2.05) is 0 Å². The van der Waals surface area contributed by atoms with Crippen molar-refractivity contribution in [1.29, 1.82) is 0 Å². The van der Waals surface area contributed by atoms with Crippen LogP contribution in [-0.2, 0) is 9.53 Å². The normalized spacial score (nSPS) is 13.9. The van der Waals surface area contributed by atoms with Crippen LogP contribution in [0.2, 0.25) is 0 Å². The van der Waals surface area contributed by atoms with Crippen molar-refractivity contribution in [3.05, 3.63) is 0 Å². The summed E-state index contributed by atoms with van der Waals surface area (Å²) in [5.74, 6) is -0.0693. The SMILES string of the molecule is COC[C@H](S)C(=O)NCC(C)(C)C. The number of hydrogen-bond acceptors (Lipinski definition) is 3. The molecule has 0 spiro atoms. The van der Waals surface area contributed by atoms with Gasteiger partial charge in [0.2, 0.25) is 5.91 Å². The van der Waals surface area contributed by atoms with Gasteiger partial charge in [-0.15, -0.1) is 0 Å². The smallest absolute Gasteiger partial charge is 0.235 e. The molecular weight excluding hydrogens is 186 g/mol. The Labute approximate surface area is 85.6 Å². The Bertz CT molecular complexity index is 165. The van der Waals surface area contributed by atoms with Crippen molar-refractivity contribution >= 4 is 18.5 Å². The van der Waals surface area contributed by atoms with Crippen molar-refractivity contribution in [3.8, 4) is 0 Å². The van der Waals surface area contributed by atoms with Gasteiger partial charge in [-0.05, 0) is 5.41 Å². The Morgan fingerprint density at radius 1 is 1.54 bits per heavy atom. The Kier molecular flexibility index (Phi) is 5.40. The Hall–Kier alpha value is -0.220. The van der Waals surface area contributed by atoms with Crippen molar-refractivity contribution < 1.29 is 9.53 Å². The summed E-state index contributed by atoms with van der Waals surface area (Å²) >= 11 is 4.10. The lowest BCUT2D eigenvalue weighted by Crippen LogP contribution is -2.38. The second-order valence-corrected chi connectivity index (χ2v) is 4.87. The molecular formula is C9H19NO2S. The lowest BCUT2D eigenvalue weighted by Gasteiger charge is -2.20. The van der Waals surface area contributed by atoms with E-state index in [2.05, 4.69) is 38.7 Å². The van der Waals surface area contributed by atoms with E-state index >= 15 is 0 Å². The number of methoxy groups -OCH3 is 1. The first kappa shape index (κ1) is 12.8. The molecule has 0 aromatic carbocycles. The van der Waals surface area contributed by atoms with Crippen molar-refractivity contribution in [2.24, 2.45) is 5.41 Å². The van der Waals surface area contributed by atoms with Gasteiger partial charge < -0.3 is 10.1 Å². The average molecular weight is 205 g/mol. The fourth-order valence-electron chi connectivity index (χ4n) is 0.704. The summed E-state index contributed by atoms with van der Waals surface area (Å²) in [7, 11) is 1.56. The van der Waals surface area contributed by atoms with Crippen molar-refractivity contribution in [3.63, 3.8) is 0 Å². The van der Waals surface area contributed by atoms with Crippen LogP contribution in [0.15, 0.2) is 0 Å². The van der Waals surface area contributed by atoms with Gasteiger partial charge in [0.1, 0.15) is 5.25 Å². The number of carbonyl (C=O) groups is 1. The summed E-state index contributed by atoms with van der Waals surface area (Å²) < 4.78 is 4.82. The van der Waals surface area contributed by atoms with E-state index in [4.69, 9.17) is 4.74 Å². The van der Waals surface area contributed by atoms with Crippen LogP contribution >= 0.6 is 12.6 Å². The van der Waals surface area contributed by atoms with Crippen LogP contribution in [0.1, 0.15) is 20.8 Å². The Morgan fingerprint density at radius 3 is 2.46 bits per heavy atom. The van der Waals surface area contributed by atoms with Crippen LogP contribution in [0.5, 0.6) is 0 Å². The van der Waals surface area contributed by atoms with Crippen LogP contribution in [0.25, 0.3) is 0 Å². The highest BCUT2D eigenvalue weighted by atomic mass is 32.1. The van der Waals surface area contributed by atoms with E-state index in [0.717, 1.165) is 0 Å². The first-order valence-corrected chi connectivity index (χ1v) is 4.83. The zero-order valence-electron chi connectivity index (χ0n) is 8.76. The highest BCUT2D eigenvalue weighted by Crippen LogP contribution is 2.10. The van der Waals surface area contributed by atoms with E-state index in [-0.39, 0.29) is 16.6 Å². The van der Waals surface area contributed by atoms with Gasteiger partial charge in [-0.25, -0.2) is 0 Å². The fourth-order valence-corrected chi connectivity index (χ4v) is 0.944. The van der Waals surface area contributed by atoms with E-state index in [1.54, 1.807) is 7.11 Å². The third-order valence-corrected chi connectivity index (χ3v) is 1.80. The monoisotopic (exact) mass is 205 g/mol. The molecule has 0 bridgehead atoms. The maximum Gasteiger partial charge on any atom is 0.235 e. The quantitative estimate of drug-likeness (QED) is 0.674. The Balaban J connectivity index is 3.74. The predicted octanol–water partition coefficient (Wildman–Crippen LogP) is 1.09. The average Bonchev–Trinajstić information content (AvgIpc) is 1.99. The Morgan fingerprint density at radius 2 is 2.08 bits per heavy atom. The zero-order chi connectivity index (χ0) is 10.5. The number of carbonyl (C=O) groups excluding carboxylic acids is 1. The third-order valence-electron chi connectivity index (χ3n) is 1.42. The second-order valence-electron chi connectivity index (χ2n) is 4.25. The van der Waals surface area contributed by atoms with Gasteiger partial charge in [0, 0.05) is 13.7 Å². The number of rotatable bonds is 4. The van der Waals surface area contributed by atoms with Crippen LogP contribution in [0.4, 0.5) is 0 Å². The number of nitrogens with one attached hydrogen (secondary N) is 1. The van der Waals surface area contributed by atoms with Gasteiger partial charge in [-0.3, -0.25) is 4.79 Å². The third kappa shape index (κ3) is 6.90. The summed E-state index contributed by atoms with van der Waals surface area (Å²) in [6.07, 6.45) is 0. The molecule has 0 aromatic rings. The second kappa shape index (κ2) is 5.50. The van der Waals surface area contributed by atoms with Gasteiger partial charge in [-0.2, -0.15) is 12.6 Å².